The van der Waals surface area contributed by atoms with Gasteiger partial charge in [-0.05, 0) is 135 Å². The van der Waals surface area contributed by atoms with E-state index in [0.29, 0.717) is 23.9 Å². The number of carboxylic acid groups (broad SMARTS) is 1. The molecule has 0 aromatic carbocycles. The summed E-state index contributed by atoms with van der Waals surface area (Å²) in [4.78, 5) is 37.3. The highest BCUT2D eigenvalue weighted by Crippen LogP contribution is 2.13. The highest BCUT2D eigenvalue weighted by atomic mass is 16.7. The van der Waals surface area contributed by atoms with E-state index in [1.54, 1.807) is 0 Å². The average Bonchev–Trinajstić information content (AvgIpc) is 3.45. The third-order valence-corrected chi connectivity index (χ3v) is 12.7. The van der Waals surface area contributed by atoms with Gasteiger partial charge in [0.2, 0.25) is 0 Å². The Balaban J connectivity index is 4.27. The Morgan fingerprint density at radius 2 is 0.695 bits per heavy atom. The number of carbonyl (C=O) groups is 3. The summed E-state index contributed by atoms with van der Waals surface area (Å²) < 4.78 is 22.6. The van der Waals surface area contributed by atoms with Crippen molar-refractivity contribution in [2.75, 3.05) is 47.5 Å². The van der Waals surface area contributed by atoms with Crippen molar-refractivity contribution in [3.8, 4) is 0 Å². The summed E-state index contributed by atoms with van der Waals surface area (Å²) >= 11 is 0. The molecule has 0 aliphatic heterocycles. The monoisotopic (exact) mass is 1130 g/mol. The van der Waals surface area contributed by atoms with Crippen molar-refractivity contribution in [1.29, 1.82) is 0 Å². The first kappa shape index (κ1) is 76.7. The van der Waals surface area contributed by atoms with E-state index >= 15 is 0 Å². The van der Waals surface area contributed by atoms with Crippen LogP contribution in [0.25, 0.3) is 0 Å². The van der Waals surface area contributed by atoms with E-state index in [9.17, 15) is 19.5 Å². The van der Waals surface area contributed by atoms with Crippen molar-refractivity contribution in [2.45, 2.75) is 225 Å². The van der Waals surface area contributed by atoms with Crippen LogP contribution in [0.5, 0.6) is 0 Å². The van der Waals surface area contributed by atoms with Crippen LogP contribution in [0.3, 0.4) is 0 Å². The standard InChI is InChI=1S/C73H115NO8/c1-6-8-10-12-14-16-18-20-22-24-25-26-27-28-29-30-31-32-33-34-35-36-37-38-39-40-41-42-43-44-45-46-47-48-50-52-54-56-58-60-62-64-71(76)82-69(68-81-73(72(77)78)79-66-65-74(3,4)5)67-80-70(75)63-61-59-57-55-53-51-49-23-21-19-17-15-13-11-9-7-2/h8,10,14,16-17,19-20,22-23,25-26,28-29,31-32,34-35,37-38,40-41,43-44,46-47,49-50,52,69,73H,6-7,9,11-13,15,18,21,24,27,30,33,36,39,42,45,48,51,53-68H2,1-5H3/b10-8-,16-14-,19-17-,22-20-,26-25-,29-28-,32-31-,35-34-,38-37-,41-40-,44-43-,47-46-,49-23-,52-50-. The lowest BCUT2D eigenvalue weighted by molar-refractivity contribution is -0.870. The molecule has 0 aliphatic carbocycles. The number of esters is 2. The predicted octanol–water partition coefficient (Wildman–Crippen LogP) is 18.2. The van der Waals surface area contributed by atoms with Gasteiger partial charge >= 0.3 is 11.9 Å². The molecule has 9 nitrogen and oxygen atoms in total. The number of hydrogen-bond acceptors (Lipinski definition) is 8. The first-order valence-electron chi connectivity index (χ1n) is 31.8. The van der Waals surface area contributed by atoms with Crippen LogP contribution in [0.1, 0.15) is 213 Å². The van der Waals surface area contributed by atoms with Crippen LogP contribution in [0, 0.1) is 0 Å². The number of nitrogens with zero attached hydrogens (tertiary/aromatic N) is 1. The lowest BCUT2D eigenvalue weighted by atomic mass is 10.1. The first-order valence-corrected chi connectivity index (χ1v) is 31.8. The summed E-state index contributed by atoms with van der Waals surface area (Å²) in [6.07, 6.45) is 89.9. The van der Waals surface area contributed by atoms with Gasteiger partial charge in [0, 0.05) is 12.8 Å². The van der Waals surface area contributed by atoms with Gasteiger partial charge in [0.05, 0.1) is 40.3 Å². The molecule has 0 saturated carbocycles. The van der Waals surface area contributed by atoms with Gasteiger partial charge in [-0.15, -0.1) is 0 Å². The zero-order valence-electron chi connectivity index (χ0n) is 52.3. The van der Waals surface area contributed by atoms with Gasteiger partial charge in [-0.25, -0.2) is 0 Å². The minimum atomic E-state index is -1.64. The molecule has 0 aliphatic rings. The zero-order valence-corrected chi connectivity index (χ0v) is 52.3. The minimum Gasteiger partial charge on any atom is -0.545 e. The lowest BCUT2D eigenvalue weighted by Crippen LogP contribution is -2.44. The molecule has 2 unspecified atom stereocenters. The fourth-order valence-corrected chi connectivity index (χ4v) is 7.84. The number of carbonyl (C=O) groups excluding carboxylic acids is 3. The van der Waals surface area contributed by atoms with Crippen LogP contribution >= 0.6 is 0 Å². The Hall–Kier alpha value is -5.35. The molecule has 0 bridgehead atoms. The molecule has 9 heteroatoms. The van der Waals surface area contributed by atoms with Crippen molar-refractivity contribution >= 4 is 17.9 Å². The number of rotatable bonds is 56. The molecule has 82 heavy (non-hydrogen) atoms. The summed E-state index contributed by atoms with van der Waals surface area (Å²) in [6.45, 7) is 4.54. The molecule has 0 amide bonds. The van der Waals surface area contributed by atoms with E-state index in [2.05, 4.69) is 184 Å². The van der Waals surface area contributed by atoms with E-state index in [1.165, 1.54) is 32.1 Å². The normalized spacial score (nSPS) is 13.9. The van der Waals surface area contributed by atoms with Crippen molar-refractivity contribution < 1.29 is 42.9 Å². The van der Waals surface area contributed by atoms with E-state index in [0.717, 1.165) is 141 Å². The first-order chi connectivity index (χ1) is 40.1. The smallest absolute Gasteiger partial charge is 0.306 e. The summed E-state index contributed by atoms with van der Waals surface area (Å²) in [7, 11) is 5.89. The van der Waals surface area contributed by atoms with Gasteiger partial charge in [0.15, 0.2) is 12.4 Å². The largest absolute Gasteiger partial charge is 0.545 e. The van der Waals surface area contributed by atoms with Crippen molar-refractivity contribution in [2.24, 2.45) is 0 Å². The SMILES string of the molecule is CC/C=C\C/C=C\C/C=C\C/C=C\C/C=C\C/C=C\C/C=C\C/C=C\C/C=C\C/C=C\C/C=C\C/C=C\CCCCCCC(=O)OC(COC(=O)CCCCCCC/C=C\C/C=C\CCCCCC)COC(OCC[N+](C)(C)C)C(=O)[O-]. The Morgan fingerprint density at radius 1 is 0.378 bits per heavy atom. The van der Waals surface area contributed by atoms with E-state index in [4.69, 9.17) is 18.9 Å². The van der Waals surface area contributed by atoms with Gasteiger partial charge in [0.1, 0.15) is 13.2 Å². The number of unbranched alkanes of at least 4 members (excludes halogenated alkanes) is 13. The summed E-state index contributed by atoms with van der Waals surface area (Å²) in [6, 6.07) is 0. The van der Waals surface area contributed by atoms with Crippen molar-refractivity contribution in [3.05, 3.63) is 170 Å². The fourth-order valence-electron chi connectivity index (χ4n) is 7.84. The minimum absolute atomic E-state index is 0.131. The zero-order chi connectivity index (χ0) is 59.8. The van der Waals surface area contributed by atoms with Gasteiger partial charge in [0.25, 0.3) is 0 Å². The molecule has 0 heterocycles. The number of allylic oxidation sites excluding steroid dienone is 28. The van der Waals surface area contributed by atoms with Gasteiger partial charge in [-0.3, -0.25) is 9.59 Å². The van der Waals surface area contributed by atoms with E-state index < -0.39 is 24.3 Å². The maximum atomic E-state index is 12.9. The number of likely N-dealkylation sites (N-methyl/N-ethyl adjacent to an activating group) is 1. The van der Waals surface area contributed by atoms with E-state index in [1.807, 2.05) is 21.1 Å². The molecule has 0 aromatic heterocycles. The third kappa shape index (κ3) is 62.3. The van der Waals surface area contributed by atoms with Crippen LogP contribution in [-0.2, 0) is 33.3 Å². The van der Waals surface area contributed by atoms with Crippen molar-refractivity contribution in [3.63, 3.8) is 0 Å². The molecule has 0 fully saturated rings. The summed E-state index contributed by atoms with van der Waals surface area (Å²) in [5, 5.41) is 11.8. The number of ether oxygens (including phenoxy) is 4. The summed E-state index contributed by atoms with van der Waals surface area (Å²) in [5.41, 5.74) is 0. The Morgan fingerprint density at radius 3 is 1.04 bits per heavy atom. The van der Waals surface area contributed by atoms with Crippen molar-refractivity contribution in [1.82, 2.24) is 0 Å². The maximum Gasteiger partial charge on any atom is 0.306 e. The molecule has 2 atom stereocenters. The molecular weight excluding hydrogens is 1020 g/mol. The highest BCUT2D eigenvalue weighted by molar-refractivity contribution is 5.70. The topological polar surface area (TPSA) is 111 Å². The highest BCUT2D eigenvalue weighted by Gasteiger charge is 2.22. The van der Waals surface area contributed by atoms with Gasteiger partial charge in [-0.2, -0.15) is 0 Å². The van der Waals surface area contributed by atoms with E-state index in [-0.39, 0.29) is 38.6 Å². The van der Waals surface area contributed by atoms with Crippen LogP contribution < -0.4 is 5.11 Å². The molecule has 0 rings (SSSR count). The van der Waals surface area contributed by atoms with Crippen LogP contribution in [0.15, 0.2) is 170 Å². The molecule has 0 radical (unpaired) electrons. The number of hydrogen-bond donors (Lipinski definition) is 0. The molecular formula is C73H115NO8. The van der Waals surface area contributed by atoms with Crippen LogP contribution in [-0.4, -0.2) is 82.3 Å². The number of quaternary nitrogens is 1. The number of carboxylic acids is 1. The summed E-state index contributed by atoms with van der Waals surface area (Å²) in [5.74, 6) is -2.36. The second kappa shape index (κ2) is 61.7. The molecule has 460 valence electrons. The molecule has 0 N–H and O–H groups in total. The van der Waals surface area contributed by atoms with Crippen LogP contribution in [0.4, 0.5) is 0 Å². The fraction of sp³-hybridized carbons (Fsp3) is 0.575. The quantitative estimate of drug-likeness (QED) is 0.0195. The molecule has 0 aromatic rings. The predicted molar refractivity (Wildman–Crippen MR) is 347 cm³/mol. The van der Waals surface area contributed by atoms with Gasteiger partial charge < -0.3 is 33.3 Å². The Bertz CT molecular complexity index is 1950. The van der Waals surface area contributed by atoms with Crippen LogP contribution in [0.2, 0.25) is 0 Å². The number of aliphatic carboxylic acids is 1. The lowest BCUT2D eigenvalue weighted by Gasteiger charge is -2.26. The molecule has 0 spiro atoms. The second-order valence-corrected chi connectivity index (χ2v) is 21.6. The van der Waals surface area contributed by atoms with Gasteiger partial charge in [-0.1, -0.05) is 235 Å². The maximum absolute atomic E-state index is 12.9. The Kier molecular flexibility index (Phi) is 57.7. The third-order valence-electron chi connectivity index (χ3n) is 12.7. The average molecular weight is 1130 g/mol. The second-order valence-electron chi connectivity index (χ2n) is 21.6. The molecule has 0 saturated heterocycles. The Labute approximate surface area is 501 Å².